The van der Waals surface area contributed by atoms with Crippen molar-refractivity contribution in [2.45, 2.75) is 5.41 Å². The van der Waals surface area contributed by atoms with Crippen molar-refractivity contribution in [2.24, 2.45) is 0 Å². The van der Waals surface area contributed by atoms with Crippen molar-refractivity contribution in [2.75, 3.05) is 0 Å². The molecule has 12 aromatic rings. The maximum Gasteiger partial charge on any atom is 0.238 e. The normalized spacial score (nSPS) is 13.2. The van der Waals surface area contributed by atoms with Crippen molar-refractivity contribution in [1.82, 2.24) is 19.5 Å². The van der Waals surface area contributed by atoms with E-state index in [0.717, 1.165) is 66.0 Å². The van der Waals surface area contributed by atoms with E-state index in [-0.39, 0.29) is 0 Å². The van der Waals surface area contributed by atoms with Gasteiger partial charge in [-0.05, 0) is 98.1 Å². The fourth-order valence-electron chi connectivity index (χ4n) is 10.8. The highest BCUT2D eigenvalue weighted by Crippen LogP contribution is 2.63. The first-order chi connectivity index (χ1) is 31.2. The first-order valence-electron chi connectivity index (χ1n) is 21.4. The third-order valence-electron chi connectivity index (χ3n) is 13.5. The van der Waals surface area contributed by atoms with Gasteiger partial charge in [0, 0.05) is 32.7 Å². The average molecular weight is 803 g/mol. The Bertz CT molecular complexity index is 3820. The van der Waals surface area contributed by atoms with Gasteiger partial charge in [-0.1, -0.05) is 164 Å². The predicted octanol–water partition coefficient (Wildman–Crippen LogP) is 14.2. The zero-order valence-electron chi connectivity index (χ0n) is 33.8. The van der Waals surface area contributed by atoms with Gasteiger partial charge in [-0.3, -0.25) is 4.57 Å². The quantitative estimate of drug-likeness (QED) is 0.178. The molecule has 1 spiro atoms. The molecule has 3 aromatic heterocycles. The van der Waals surface area contributed by atoms with Crippen LogP contribution in [0.15, 0.2) is 211 Å². The highest BCUT2D eigenvalue weighted by molar-refractivity contribution is 6.12. The van der Waals surface area contributed by atoms with E-state index in [1.807, 2.05) is 24.3 Å². The summed E-state index contributed by atoms with van der Waals surface area (Å²) in [4.78, 5) is 15.9. The van der Waals surface area contributed by atoms with Crippen LogP contribution in [0.1, 0.15) is 22.3 Å². The van der Waals surface area contributed by atoms with Crippen LogP contribution in [-0.4, -0.2) is 19.5 Å². The van der Waals surface area contributed by atoms with Gasteiger partial charge >= 0.3 is 0 Å². The van der Waals surface area contributed by atoms with Crippen LogP contribution in [0.5, 0.6) is 0 Å². The van der Waals surface area contributed by atoms with Gasteiger partial charge in [0.1, 0.15) is 11.2 Å². The van der Waals surface area contributed by atoms with Crippen LogP contribution >= 0.6 is 0 Å². The molecule has 292 valence electrons. The van der Waals surface area contributed by atoms with Gasteiger partial charge in [-0.2, -0.15) is 9.97 Å². The standard InChI is InChI=1S/C58H34N4O/c1-3-15-35(16-4-1)37-27-29-43-44-30-28-38(32-54(44)63-53(43)31-37)56-59-55(36-17-5-2-6-18-36)60-57(61-56)62-51-26-14-10-22-42(51)46-33-45-41-21-9-13-25-49(41)58(50(45)34-52(46)62)47-23-11-7-19-39(47)40-20-8-12-24-48(40)58/h1-34H. The van der Waals surface area contributed by atoms with E-state index in [1.54, 1.807) is 0 Å². The largest absolute Gasteiger partial charge is 0.456 e. The second kappa shape index (κ2) is 12.8. The summed E-state index contributed by atoms with van der Waals surface area (Å²) in [6.07, 6.45) is 0. The second-order valence-electron chi connectivity index (χ2n) is 16.7. The summed E-state index contributed by atoms with van der Waals surface area (Å²) >= 11 is 0. The Morgan fingerprint density at radius 2 is 0.857 bits per heavy atom. The molecule has 2 aliphatic carbocycles. The van der Waals surface area contributed by atoms with Crippen LogP contribution < -0.4 is 0 Å². The van der Waals surface area contributed by atoms with Crippen LogP contribution in [0.3, 0.4) is 0 Å². The zero-order valence-corrected chi connectivity index (χ0v) is 33.8. The number of benzene rings is 9. The minimum absolute atomic E-state index is 0.488. The third-order valence-corrected chi connectivity index (χ3v) is 13.5. The molecule has 3 heterocycles. The van der Waals surface area contributed by atoms with E-state index in [0.29, 0.717) is 17.6 Å². The predicted molar refractivity (Wildman–Crippen MR) is 254 cm³/mol. The lowest BCUT2D eigenvalue weighted by Crippen LogP contribution is -2.25. The van der Waals surface area contributed by atoms with Crippen LogP contribution in [0, 0.1) is 0 Å². The Labute approximate surface area is 362 Å². The molecule has 14 rings (SSSR count). The average Bonchev–Trinajstić information content (AvgIpc) is 4.06. The maximum atomic E-state index is 6.60. The van der Waals surface area contributed by atoms with E-state index in [2.05, 4.69) is 187 Å². The molecular formula is C58H34N4O. The van der Waals surface area contributed by atoms with Crippen LogP contribution in [0.4, 0.5) is 0 Å². The monoisotopic (exact) mass is 802 g/mol. The third kappa shape index (κ3) is 4.73. The molecule has 0 bridgehead atoms. The fourth-order valence-corrected chi connectivity index (χ4v) is 10.8. The van der Waals surface area contributed by atoms with Crippen LogP contribution in [-0.2, 0) is 5.41 Å². The molecule has 0 atom stereocenters. The molecular weight excluding hydrogens is 769 g/mol. The number of rotatable bonds is 4. The number of hydrogen-bond acceptors (Lipinski definition) is 4. The highest BCUT2D eigenvalue weighted by Gasteiger charge is 2.51. The van der Waals surface area contributed by atoms with E-state index in [9.17, 15) is 0 Å². The maximum absolute atomic E-state index is 6.60. The zero-order chi connectivity index (χ0) is 41.2. The Morgan fingerprint density at radius 1 is 0.333 bits per heavy atom. The molecule has 5 nitrogen and oxygen atoms in total. The van der Waals surface area contributed by atoms with Crippen molar-refractivity contribution in [3.63, 3.8) is 0 Å². The summed E-state index contributed by atoms with van der Waals surface area (Å²) in [5.41, 5.74) is 17.5. The second-order valence-corrected chi connectivity index (χ2v) is 16.7. The minimum Gasteiger partial charge on any atom is -0.456 e. The summed E-state index contributed by atoms with van der Waals surface area (Å²) in [5, 5.41) is 4.41. The molecule has 0 saturated heterocycles. The Kier molecular flexibility index (Phi) is 6.97. The fraction of sp³-hybridized carbons (Fsp3) is 0.0172. The van der Waals surface area contributed by atoms with Crippen molar-refractivity contribution in [3.05, 3.63) is 229 Å². The van der Waals surface area contributed by atoms with Gasteiger partial charge < -0.3 is 4.42 Å². The van der Waals surface area contributed by atoms with E-state index >= 15 is 0 Å². The molecule has 63 heavy (non-hydrogen) atoms. The van der Waals surface area contributed by atoms with Gasteiger partial charge in [-0.15, -0.1) is 0 Å². The van der Waals surface area contributed by atoms with Gasteiger partial charge in [0.15, 0.2) is 11.6 Å². The smallest absolute Gasteiger partial charge is 0.238 e. The number of fused-ring (bicyclic) bond motifs is 16. The number of furan rings is 1. The van der Waals surface area contributed by atoms with Crippen LogP contribution in [0.2, 0.25) is 0 Å². The summed E-state index contributed by atoms with van der Waals surface area (Å²) in [6, 6.07) is 73.7. The molecule has 0 amide bonds. The van der Waals surface area contributed by atoms with E-state index < -0.39 is 5.41 Å². The molecule has 0 N–H and O–H groups in total. The Morgan fingerprint density at radius 3 is 1.52 bits per heavy atom. The minimum atomic E-state index is -0.488. The van der Waals surface area contributed by atoms with Gasteiger partial charge in [-0.25, -0.2) is 4.98 Å². The number of para-hydroxylation sites is 1. The molecule has 0 radical (unpaired) electrons. The van der Waals surface area contributed by atoms with Gasteiger partial charge in [0.25, 0.3) is 0 Å². The molecule has 0 aliphatic heterocycles. The first-order valence-corrected chi connectivity index (χ1v) is 21.4. The summed E-state index contributed by atoms with van der Waals surface area (Å²) in [6.45, 7) is 0. The molecule has 0 saturated carbocycles. The van der Waals surface area contributed by atoms with Crippen molar-refractivity contribution in [1.29, 1.82) is 0 Å². The van der Waals surface area contributed by atoms with Gasteiger partial charge in [0.2, 0.25) is 5.95 Å². The lowest BCUT2D eigenvalue weighted by atomic mass is 9.70. The molecule has 9 aromatic carbocycles. The summed E-state index contributed by atoms with van der Waals surface area (Å²) in [7, 11) is 0. The lowest BCUT2D eigenvalue weighted by molar-refractivity contribution is 0.669. The number of hydrogen-bond donors (Lipinski definition) is 0. The van der Waals surface area contributed by atoms with E-state index in [4.69, 9.17) is 19.4 Å². The topological polar surface area (TPSA) is 56.7 Å². The van der Waals surface area contributed by atoms with E-state index in [1.165, 1.54) is 44.5 Å². The molecule has 2 aliphatic rings. The van der Waals surface area contributed by atoms with Crippen molar-refractivity contribution in [3.8, 4) is 62.1 Å². The summed E-state index contributed by atoms with van der Waals surface area (Å²) in [5.74, 6) is 1.72. The Balaban J connectivity index is 1.02. The first kappa shape index (κ1) is 34.3. The molecule has 0 unspecified atom stereocenters. The highest BCUT2D eigenvalue weighted by atomic mass is 16.3. The van der Waals surface area contributed by atoms with Crippen LogP contribution in [0.25, 0.3) is 106 Å². The number of aromatic nitrogens is 4. The van der Waals surface area contributed by atoms with Gasteiger partial charge in [0.05, 0.1) is 16.4 Å². The SMILES string of the molecule is c1ccc(-c2ccc3c(c2)oc2cc(-c4nc(-c5ccccc5)nc(-n5c6ccccc6c6cc7c(cc65)C5(c6ccccc6-c6ccccc65)c5ccccc5-7)n4)ccc23)cc1. The van der Waals surface area contributed by atoms with Crippen molar-refractivity contribution >= 4 is 43.7 Å². The Hall–Kier alpha value is -8.41. The molecule has 0 fully saturated rings. The number of nitrogens with zero attached hydrogens (tertiary/aromatic N) is 4. The molecule has 5 heteroatoms. The van der Waals surface area contributed by atoms with Crippen molar-refractivity contribution < 1.29 is 4.42 Å². The lowest BCUT2D eigenvalue weighted by Gasteiger charge is -2.30. The summed E-state index contributed by atoms with van der Waals surface area (Å²) < 4.78 is 8.85.